The minimum absolute atomic E-state index is 0.739. The molecule has 2 heterocycles. The van der Waals surface area contributed by atoms with E-state index < -0.39 is 0 Å². The highest BCUT2D eigenvalue weighted by Gasteiger charge is 2.29. The molecule has 2 atom stereocenters. The highest BCUT2D eigenvalue weighted by molar-refractivity contribution is 5.33. The van der Waals surface area contributed by atoms with E-state index in [2.05, 4.69) is 42.3 Å². The summed E-state index contributed by atoms with van der Waals surface area (Å²) in [6.07, 6.45) is 4.08. The highest BCUT2D eigenvalue weighted by Crippen LogP contribution is 2.22. The Morgan fingerprint density at radius 2 is 2.00 bits per heavy atom. The van der Waals surface area contributed by atoms with Gasteiger partial charge in [0, 0.05) is 31.7 Å². The van der Waals surface area contributed by atoms with Crippen molar-refractivity contribution in [3.63, 3.8) is 0 Å². The second-order valence-corrected chi connectivity index (χ2v) is 6.02. The largest absolute Gasteiger partial charge is 0.310 e. The van der Waals surface area contributed by atoms with Crippen LogP contribution in [0, 0.1) is 13.8 Å². The molecule has 0 aromatic heterocycles. The monoisotopic (exact) mass is 244 g/mol. The van der Waals surface area contributed by atoms with Crippen molar-refractivity contribution in [2.24, 2.45) is 0 Å². The molecular weight excluding hydrogens is 220 g/mol. The van der Waals surface area contributed by atoms with Crippen molar-refractivity contribution < 1.29 is 0 Å². The number of rotatable bonds is 2. The van der Waals surface area contributed by atoms with Gasteiger partial charge < -0.3 is 5.32 Å². The number of likely N-dealkylation sites (tertiary alicyclic amines) is 1. The van der Waals surface area contributed by atoms with Crippen molar-refractivity contribution in [2.45, 2.75) is 51.7 Å². The molecule has 0 amide bonds. The van der Waals surface area contributed by atoms with Crippen molar-refractivity contribution >= 4 is 0 Å². The summed E-state index contributed by atoms with van der Waals surface area (Å²) in [5.41, 5.74) is 4.40. The molecule has 2 nitrogen and oxygen atoms in total. The van der Waals surface area contributed by atoms with Gasteiger partial charge in [-0.25, -0.2) is 0 Å². The molecule has 2 saturated heterocycles. The minimum atomic E-state index is 0.739. The molecule has 2 bridgehead atoms. The Morgan fingerprint density at radius 3 is 2.89 bits per heavy atom. The Kier molecular flexibility index (Phi) is 3.40. The first-order valence-electron chi connectivity index (χ1n) is 7.26. The number of fused-ring (bicyclic) bond motifs is 2. The van der Waals surface area contributed by atoms with E-state index in [-0.39, 0.29) is 0 Å². The normalized spacial score (nSPS) is 28.3. The van der Waals surface area contributed by atoms with Crippen molar-refractivity contribution in [1.82, 2.24) is 10.2 Å². The van der Waals surface area contributed by atoms with Crippen LogP contribution in [0.25, 0.3) is 0 Å². The van der Waals surface area contributed by atoms with Crippen molar-refractivity contribution in [3.05, 3.63) is 34.9 Å². The van der Waals surface area contributed by atoms with Gasteiger partial charge in [-0.15, -0.1) is 0 Å². The Hall–Kier alpha value is -0.860. The molecule has 98 valence electrons. The fourth-order valence-electron chi connectivity index (χ4n) is 3.38. The zero-order chi connectivity index (χ0) is 12.5. The number of nitrogens with one attached hydrogen (secondary N) is 1. The lowest BCUT2D eigenvalue weighted by molar-refractivity contribution is 0.250. The number of benzene rings is 1. The summed E-state index contributed by atoms with van der Waals surface area (Å²) in [5, 5.41) is 3.75. The molecule has 2 fully saturated rings. The van der Waals surface area contributed by atoms with Crippen LogP contribution in [0.4, 0.5) is 0 Å². The van der Waals surface area contributed by atoms with Crippen LogP contribution in [-0.2, 0) is 6.54 Å². The van der Waals surface area contributed by atoms with Gasteiger partial charge in [0.2, 0.25) is 0 Å². The van der Waals surface area contributed by atoms with Gasteiger partial charge >= 0.3 is 0 Å². The van der Waals surface area contributed by atoms with Gasteiger partial charge in [-0.3, -0.25) is 4.90 Å². The minimum Gasteiger partial charge on any atom is -0.310 e. The fraction of sp³-hybridized carbons (Fsp3) is 0.625. The molecule has 1 N–H and O–H groups in total. The van der Waals surface area contributed by atoms with Crippen LogP contribution in [0.5, 0.6) is 0 Å². The molecule has 0 radical (unpaired) electrons. The smallest absolute Gasteiger partial charge is 0.0237 e. The van der Waals surface area contributed by atoms with E-state index in [1.165, 1.54) is 49.0 Å². The topological polar surface area (TPSA) is 15.3 Å². The maximum absolute atomic E-state index is 3.75. The summed E-state index contributed by atoms with van der Waals surface area (Å²) >= 11 is 0. The van der Waals surface area contributed by atoms with Crippen molar-refractivity contribution in [1.29, 1.82) is 0 Å². The van der Waals surface area contributed by atoms with Crippen molar-refractivity contribution in [3.8, 4) is 0 Å². The summed E-state index contributed by atoms with van der Waals surface area (Å²) in [5.74, 6) is 0. The summed E-state index contributed by atoms with van der Waals surface area (Å²) in [7, 11) is 0. The number of nitrogens with zero attached hydrogens (tertiary/aromatic N) is 1. The molecule has 2 unspecified atom stereocenters. The second kappa shape index (κ2) is 5.02. The Morgan fingerprint density at radius 1 is 1.17 bits per heavy atom. The molecule has 0 saturated carbocycles. The quantitative estimate of drug-likeness (QED) is 0.860. The fourth-order valence-corrected chi connectivity index (χ4v) is 3.38. The predicted molar refractivity (Wildman–Crippen MR) is 75.8 cm³/mol. The van der Waals surface area contributed by atoms with Crippen molar-refractivity contribution in [2.75, 3.05) is 13.1 Å². The first-order chi connectivity index (χ1) is 8.72. The van der Waals surface area contributed by atoms with E-state index in [0.29, 0.717) is 0 Å². The van der Waals surface area contributed by atoms with E-state index in [0.717, 1.165) is 18.6 Å². The van der Waals surface area contributed by atoms with E-state index in [9.17, 15) is 0 Å². The maximum Gasteiger partial charge on any atom is 0.0237 e. The SMILES string of the molecule is Cc1cccc(CN2CCC3CCC(C2)N3)c1C. The number of hydrogen-bond donors (Lipinski definition) is 1. The molecule has 2 aliphatic rings. The van der Waals surface area contributed by atoms with Gasteiger partial charge in [-0.1, -0.05) is 18.2 Å². The zero-order valence-electron chi connectivity index (χ0n) is 11.6. The first-order valence-corrected chi connectivity index (χ1v) is 7.26. The lowest BCUT2D eigenvalue weighted by Gasteiger charge is -2.25. The van der Waals surface area contributed by atoms with Gasteiger partial charge in [0.05, 0.1) is 0 Å². The summed E-state index contributed by atoms with van der Waals surface area (Å²) in [6, 6.07) is 8.23. The van der Waals surface area contributed by atoms with E-state index >= 15 is 0 Å². The van der Waals surface area contributed by atoms with Crippen LogP contribution >= 0.6 is 0 Å². The Bertz CT molecular complexity index is 427. The second-order valence-electron chi connectivity index (χ2n) is 6.02. The predicted octanol–water partition coefficient (Wildman–Crippen LogP) is 2.63. The van der Waals surface area contributed by atoms with E-state index in [4.69, 9.17) is 0 Å². The maximum atomic E-state index is 3.75. The third kappa shape index (κ3) is 2.45. The Balaban J connectivity index is 1.70. The van der Waals surface area contributed by atoms with Crippen LogP contribution in [0.1, 0.15) is 36.0 Å². The molecule has 0 aliphatic carbocycles. The van der Waals surface area contributed by atoms with Crippen LogP contribution in [0.3, 0.4) is 0 Å². The zero-order valence-corrected chi connectivity index (χ0v) is 11.6. The lowest BCUT2D eigenvalue weighted by atomic mass is 10.0. The molecule has 2 aliphatic heterocycles. The molecule has 2 heteroatoms. The molecule has 1 aromatic rings. The third-order valence-corrected chi connectivity index (χ3v) is 4.72. The Labute approximate surface area is 110 Å². The van der Waals surface area contributed by atoms with Gasteiger partial charge in [0.15, 0.2) is 0 Å². The van der Waals surface area contributed by atoms with Crippen LogP contribution < -0.4 is 5.32 Å². The van der Waals surface area contributed by atoms with Gasteiger partial charge in [0.1, 0.15) is 0 Å². The van der Waals surface area contributed by atoms with Crippen LogP contribution in [0.2, 0.25) is 0 Å². The summed E-state index contributed by atoms with van der Waals surface area (Å²) in [6.45, 7) is 8.07. The van der Waals surface area contributed by atoms with Gasteiger partial charge in [0.25, 0.3) is 0 Å². The van der Waals surface area contributed by atoms with E-state index in [1.54, 1.807) is 0 Å². The molecular formula is C16H24N2. The van der Waals surface area contributed by atoms with E-state index in [1.807, 2.05) is 0 Å². The molecule has 1 aromatic carbocycles. The molecule has 3 rings (SSSR count). The summed E-state index contributed by atoms with van der Waals surface area (Å²) in [4.78, 5) is 2.64. The summed E-state index contributed by atoms with van der Waals surface area (Å²) < 4.78 is 0. The average molecular weight is 244 g/mol. The number of aryl methyl sites for hydroxylation is 1. The first kappa shape index (κ1) is 12.2. The average Bonchev–Trinajstić information content (AvgIpc) is 2.68. The van der Waals surface area contributed by atoms with Gasteiger partial charge in [-0.05, 0) is 49.8 Å². The molecule has 18 heavy (non-hydrogen) atoms. The third-order valence-electron chi connectivity index (χ3n) is 4.72. The van der Waals surface area contributed by atoms with Crippen LogP contribution in [-0.4, -0.2) is 30.1 Å². The molecule has 0 spiro atoms. The van der Waals surface area contributed by atoms with Gasteiger partial charge in [-0.2, -0.15) is 0 Å². The highest BCUT2D eigenvalue weighted by atomic mass is 15.2. The van der Waals surface area contributed by atoms with Crippen LogP contribution in [0.15, 0.2) is 18.2 Å². The lowest BCUT2D eigenvalue weighted by Crippen LogP contribution is -2.35. The number of hydrogen-bond acceptors (Lipinski definition) is 2. The standard InChI is InChI=1S/C16H24N2/c1-12-4-3-5-14(13(12)2)10-18-9-8-15-6-7-16(11-18)17-15/h3-5,15-17H,6-11H2,1-2H3.